The van der Waals surface area contributed by atoms with E-state index in [1.807, 2.05) is 13.0 Å². The largest absolute Gasteiger partial charge is 0.463 e. The lowest BCUT2D eigenvalue weighted by Crippen LogP contribution is -2.00. The summed E-state index contributed by atoms with van der Waals surface area (Å²) in [7, 11) is 0. The Morgan fingerprint density at radius 2 is 2.25 bits per heavy atom. The van der Waals surface area contributed by atoms with Crippen LogP contribution in [-0.4, -0.2) is 12.6 Å². The van der Waals surface area contributed by atoms with Crippen LogP contribution in [0.15, 0.2) is 30.3 Å². The second kappa shape index (κ2) is 6.41. The summed E-state index contributed by atoms with van der Waals surface area (Å²) in [5, 5.41) is 8.83. The zero-order chi connectivity index (χ0) is 11.8. The summed E-state index contributed by atoms with van der Waals surface area (Å²) < 4.78 is 4.88. The van der Waals surface area contributed by atoms with E-state index in [9.17, 15) is 4.79 Å². The van der Waals surface area contributed by atoms with Gasteiger partial charge in [0.2, 0.25) is 0 Å². The molecule has 0 fully saturated rings. The molecule has 0 aliphatic rings. The van der Waals surface area contributed by atoms with Crippen LogP contribution < -0.4 is 0 Å². The van der Waals surface area contributed by atoms with Crippen LogP contribution in [0, 0.1) is 11.3 Å². The van der Waals surface area contributed by atoms with Gasteiger partial charge in [0.05, 0.1) is 18.2 Å². The van der Waals surface area contributed by atoms with Crippen LogP contribution in [0.4, 0.5) is 0 Å². The molecule has 0 spiro atoms. The third-order valence-corrected chi connectivity index (χ3v) is 1.93. The van der Waals surface area contributed by atoms with Crippen LogP contribution >= 0.6 is 0 Å². The highest BCUT2D eigenvalue weighted by atomic mass is 16.5. The highest BCUT2D eigenvalue weighted by Gasteiger charge is 1.98. The first kappa shape index (κ1) is 12.0. The quantitative estimate of drug-likeness (QED) is 0.572. The fraction of sp³-hybridized carbons (Fsp3) is 0.231. The minimum Gasteiger partial charge on any atom is -0.463 e. The first-order chi connectivity index (χ1) is 7.77. The number of rotatable bonds is 4. The topological polar surface area (TPSA) is 50.1 Å². The molecule has 0 aliphatic heterocycles. The predicted octanol–water partition coefficient (Wildman–Crippen LogP) is 2.52. The molecule has 16 heavy (non-hydrogen) atoms. The van der Waals surface area contributed by atoms with Gasteiger partial charge < -0.3 is 4.74 Å². The van der Waals surface area contributed by atoms with Gasteiger partial charge in [0.15, 0.2) is 0 Å². The van der Waals surface area contributed by atoms with Gasteiger partial charge in [-0.15, -0.1) is 0 Å². The van der Waals surface area contributed by atoms with Gasteiger partial charge in [-0.2, -0.15) is 5.26 Å². The molecule has 1 rings (SSSR count). The van der Waals surface area contributed by atoms with Gasteiger partial charge in [-0.05, 0) is 24.1 Å². The summed E-state index contributed by atoms with van der Waals surface area (Å²) in [6, 6.07) is 9.14. The van der Waals surface area contributed by atoms with Crippen molar-refractivity contribution in [2.45, 2.75) is 13.3 Å². The van der Waals surface area contributed by atoms with Gasteiger partial charge >= 0.3 is 5.97 Å². The molecule has 3 nitrogen and oxygen atoms in total. The van der Waals surface area contributed by atoms with E-state index in [1.54, 1.807) is 24.3 Å². The van der Waals surface area contributed by atoms with Crippen molar-refractivity contribution in [3.05, 3.63) is 41.5 Å². The lowest BCUT2D eigenvalue weighted by atomic mass is 10.1. The fourth-order valence-corrected chi connectivity index (χ4v) is 1.15. The molecule has 0 atom stereocenters. The number of hydrogen-bond donors (Lipinski definition) is 0. The van der Waals surface area contributed by atoms with Gasteiger partial charge in [0.25, 0.3) is 0 Å². The first-order valence-electron chi connectivity index (χ1n) is 5.12. The fourth-order valence-electron chi connectivity index (χ4n) is 1.15. The monoisotopic (exact) mass is 215 g/mol. The van der Waals surface area contributed by atoms with Gasteiger partial charge in [-0.1, -0.05) is 25.1 Å². The highest BCUT2D eigenvalue weighted by molar-refractivity contribution is 5.87. The van der Waals surface area contributed by atoms with Crippen molar-refractivity contribution in [3.8, 4) is 6.07 Å². The Bertz CT molecular complexity index is 430. The summed E-state index contributed by atoms with van der Waals surface area (Å²) in [5.74, 6) is -0.380. The summed E-state index contributed by atoms with van der Waals surface area (Å²) in [4.78, 5) is 11.2. The Morgan fingerprint density at radius 3 is 2.94 bits per heavy atom. The van der Waals surface area contributed by atoms with Crippen LogP contribution in [0.3, 0.4) is 0 Å². The standard InChI is InChI=1S/C13H13NO2/c1-2-9-16-13(15)8-7-11-5-3-4-6-12(11)10-14/h3-8H,2,9H2,1H3/b8-7+. The van der Waals surface area contributed by atoms with E-state index >= 15 is 0 Å². The molecule has 0 aromatic heterocycles. The third-order valence-electron chi connectivity index (χ3n) is 1.93. The molecule has 0 unspecified atom stereocenters. The Labute approximate surface area is 95.0 Å². The van der Waals surface area contributed by atoms with E-state index in [4.69, 9.17) is 10.00 Å². The molecule has 0 saturated heterocycles. The smallest absolute Gasteiger partial charge is 0.330 e. The number of hydrogen-bond acceptors (Lipinski definition) is 3. The van der Waals surface area contributed by atoms with E-state index in [0.717, 1.165) is 12.0 Å². The number of carbonyl (C=O) groups is 1. The Hall–Kier alpha value is -2.08. The molecule has 3 heteroatoms. The van der Waals surface area contributed by atoms with Crippen LogP contribution in [-0.2, 0) is 9.53 Å². The van der Waals surface area contributed by atoms with Crippen LogP contribution in [0.1, 0.15) is 24.5 Å². The molecule has 0 amide bonds. The lowest BCUT2D eigenvalue weighted by molar-refractivity contribution is -0.137. The van der Waals surface area contributed by atoms with E-state index in [2.05, 4.69) is 6.07 Å². The minimum atomic E-state index is -0.380. The summed E-state index contributed by atoms with van der Waals surface area (Å²) >= 11 is 0. The summed E-state index contributed by atoms with van der Waals surface area (Å²) in [5.41, 5.74) is 1.26. The molecule has 1 aromatic rings. The number of ether oxygens (including phenoxy) is 1. The maximum absolute atomic E-state index is 11.2. The number of nitriles is 1. The number of benzene rings is 1. The maximum atomic E-state index is 11.2. The van der Waals surface area contributed by atoms with Crippen molar-refractivity contribution in [2.24, 2.45) is 0 Å². The van der Waals surface area contributed by atoms with Gasteiger partial charge in [-0.25, -0.2) is 4.79 Å². The van der Waals surface area contributed by atoms with Crippen molar-refractivity contribution >= 4 is 12.0 Å². The molecule has 82 valence electrons. The lowest BCUT2D eigenvalue weighted by Gasteiger charge is -1.98. The highest BCUT2D eigenvalue weighted by Crippen LogP contribution is 2.09. The van der Waals surface area contributed by atoms with Crippen molar-refractivity contribution in [2.75, 3.05) is 6.61 Å². The second-order valence-corrected chi connectivity index (χ2v) is 3.20. The Kier molecular flexibility index (Phi) is 4.81. The first-order valence-corrected chi connectivity index (χ1v) is 5.12. The van der Waals surface area contributed by atoms with Gasteiger partial charge in [0.1, 0.15) is 0 Å². The average Bonchev–Trinajstić information content (AvgIpc) is 2.34. The normalized spacial score (nSPS) is 10.0. The second-order valence-electron chi connectivity index (χ2n) is 3.20. The Balaban J connectivity index is 2.69. The minimum absolute atomic E-state index is 0.380. The molecule has 1 aromatic carbocycles. The maximum Gasteiger partial charge on any atom is 0.330 e. The number of esters is 1. The van der Waals surface area contributed by atoms with Crippen molar-refractivity contribution in [1.82, 2.24) is 0 Å². The molecular formula is C13H13NO2. The van der Waals surface area contributed by atoms with E-state index < -0.39 is 0 Å². The molecule has 0 bridgehead atoms. The third kappa shape index (κ3) is 3.58. The van der Waals surface area contributed by atoms with Crippen LogP contribution in [0.5, 0.6) is 0 Å². The van der Waals surface area contributed by atoms with Gasteiger partial charge in [-0.3, -0.25) is 0 Å². The zero-order valence-corrected chi connectivity index (χ0v) is 9.14. The van der Waals surface area contributed by atoms with E-state index in [0.29, 0.717) is 12.2 Å². The van der Waals surface area contributed by atoms with Crippen LogP contribution in [0.25, 0.3) is 6.08 Å². The van der Waals surface area contributed by atoms with Crippen molar-refractivity contribution in [1.29, 1.82) is 5.26 Å². The van der Waals surface area contributed by atoms with E-state index in [-0.39, 0.29) is 5.97 Å². The average molecular weight is 215 g/mol. The van der Waals surface area contributed by atoms with Gasteiger partial charge in [0, 0.05) is 6.08 Å². The summed E-state index contributed by atoms with van der Waals surface area (Å²) in [6.07, 6.45) is 3.73. The van der Waals surface area contributed by atoms with Crippen LogP contribution in [0.2, 0.25) is 0 Å². The molecule has 0 radical (unpaired) electrons. The van der Waals surface area contributed by atoms with Crippen molar-refractivity contribution < 1.29 is 9.53 Å². The number of carbonyl (C=O) groups excluding carboxylic acids is 1. The summed E-state index contributed by atoms with van der Waals surface area (Å²) in [6.45, 7) is 2.35. The zero-order valence-electron chi connectivity index (χ0n) is 9.14. The number of nitrogens with zero attached hydrogens (tertiary/aromatic N) is 1. The SMILES string of the molecule is CCCOC(=O)/C=C/c1ccccc1C#N. The van der Waals surface area contributed by atoms with Crippen molar-refractivity contribution in [3.63, 3.8) is 0 Å². The molecule has 0 aliphatic carbocycles. The Morgan fingerprint density at radius 1 is 1.50 bits per heavy atom. The molecule has 0 N–H and O–H groups in total. The molecule has 0 saturated carbocycles. The predicted molar refractivity (Wildman–Crippen MR) is 61.4 cm³/mol. The van der Waals surface area contributed by atoms with E-state index in [1.165, 1.54) is 6.08 Å². The molecule has 0 heterocycles. The molecular weight excluding hydrogens is 202 g/mol.